The molecule has 1 saturated heterocycles. The number of piperidine rings is 1. The van der Waals surface area contributed by atoms with Crippen LogP contribution in [0.4, 0.5) is 5.69 Å². The first-order valence-corrected chi connectivity index (χ1v) is 15.5. The number of nitrogens with one attached hydrogen (secondary N) is 1. The summed E-state index contributed by atoms with van der Waals surface area (Å²) in [6, 6.07) is 14.1. The molecule has 36 heavy (non-hydrogen) atoms. The maximum Gasteiger partial charge on any atom is 0.264 e. The van der Waals surface area contributed by atoms with Crippen LogP contribution in [0.25, 0.3) is 0 Å². The lowest BCUT2D eigenvalue weighted by molar-refractivity contribution is -0.119. The van der Waals surface area contributed by atoms with Gasteiger partial charge in [0.25, 0.3) is 10.0 Å². The molecule has 1 unspecified atom stereocenters. The average molecular weight is 534 g/mol. The maximum atomic E-state index is 13.6. The minimum absolute atomic E-state index is 0.151. The second kappa shape index (κ2) is 13.9. The van der Waals surface area contributed by atoms with Gasteiger partial charge in [0.2, 0.25) is 5.91 Å². The van der Waals surface area contributed by atoms with Gasteiger partial charge in [-0.25, -0.2) is 8.42 Å². The van der Waals surface area contributed by atoms with E-state index in [9.17, 15) is 13.2 Å². The van der Waals surface area contributed by atoms with E-state index in [0.717, 1.165) is 30.8 Å². The fraction of sp³-hybridized carbons (Fsp3) is 0.519. The fourth-order valence-electron chi connectivity index (χ4n) is 4.58. The summed E-state index contributed by atoms with van der Waals surface area (Å²) in [5, 5.41) is 2.93. The molecule has 0 aromatic heterocycles. The number of benzene rings is 2. The lowest BCUT2D eigenvalue weighted by atomic mass is 10.00. The topological polar surface area (TPSA) is 79.0 Å². The summed E-state index contributed by atoms with van der Waals surface area (Å²) in [6.45, 7) is 6.93. The molecule has 2 aromatic carbocycles. The van der Waals surface area contributed by atoms with Gasteiger partial charge < -0.3 is 15.0 Å². The summed E-state index contributed by atoms with van der Waals surface area (Å²) in [4.78, 5) is 16.5. The van der Waals surface area contributed by atoms with E-state index in [1.54, 1.807) is 60.3 Å². The number of hydrogen-bond acceptors (Lipinski definition) is 6. The van der Waals surface area contributed by atoms with Gasteiger partial charge in [-0.3, -0.25) is 9.10 Å². The van der Waals surface area contributed by atoms with Gasteiger partial charge in [0.15, 0.2) is 0 Å². The van der Waals surface area contributed by atoms with Gasteiger partial charge in [-0.15, -0.1) is 11.8 Å². The molecule has 198 valence electrons. The van der Waals surface area contributed by atoms with Gasteiger partial charge in [0.1, 0.15) is 12.3 Å². The Hall–Kier alpha value is -2.23. The zero-order valence-corrected chi connectivity index (χ0v) is 23.2. The Balaban J connectivity index is 1.69. The summed E-state index contributed by atoms with van der Waals surface area (Å²) in [5.74, 6) is 0.328. The van der Waals surface area contributed by atoms with E-state index < -0.39 is 10.0 Å². The Bertz CT molecular complexity index is 1060. The Kier molecular flexibility index (Phi) is 10.9. The number of amides is 1. The lowest BCUT2D eigenvalue weighted by Crippen LogP contribution is -2.43. The SMILES string of the molecule is CCOc1ccc(N(CC(=O)NCCCN2CCCCC2CC)S(=O)(=O)c2ccc(SC)cc2)cc1. The molecular formula is C27H39N3O4S2. The first-order chi connectivity index (χ1) is 17.4. The summed E-state index contributed by atoms with van der Waals surface area (Å²) in [6.07, 6.45) is 7.70. The van der Waals surface area contributed by atoms with Crippen LogP contribution in [0.5, 0.6) is 5.75 Å². The van der Waals surface area contributed by atoms with Crippen molar-refractivity contribution in [2.45, 2.75) is 61.8 Å². The largest absolute Gasteiger partial charge is 0.494 e. The Morgan fingerprint density at radius 1 is 1.11 bits per heavy atom. The van der Waals surface area contributed by atoms with Gasteiger partial charge >= 0.3 is 0 Å². The number of anilines is 1. The molecule has 1 heterocycles. The summed E-state index contributed by atoms with van der Waals surface area (Å²) < 4.78 is 33.8. The van der Waals surface area contributed by atoms with Crippen molar-refractivity contribution < 1.29 is 17.9 Å². The molecule has 1 aliphatic rings. The number of nitrogens with zero attached hydrogens (tertiary/aromatic N) is 2. The van der Waals surface area contributed by atoms with Gasteiger partial charge in [-0.2, -0.15) is 0 Å². The second-order valence-electron chi connectivity index (χ2n) is 8.91. The van der Waals surface area contributed by atoms with Crippen molar-refractivity contribution in [3.8, 4) is 5.75 Å². The first-order valence-electron chi connectivity index (χ1n) is 12.8. The molecule has 1 fully saturated rings. The van der Waals surface area contributed by atoms with Crippen LogP contribution >= 0.6 is 11.8 Å². The summed E-state index contributed by atoms with van der Waals surface area (Å²) in [5.41, 5.74) is 0.418. The van der Waals surface area contributed by atoms with Crippen LogP contribution < -0.4 is 14.4 Å². The van der Waals surface area contributed by atoms with Crippen molar-refractivity contribution in [2.24, 2.45) is 0 Å². The number of sulfonamides is 1. The molecule has 0 spiro atoms. The van der Waals surface area contributed by atoms with Gasteiger partial charge in [-0.1, -0.05) is 13.3 Å². The van der Waals surface area contributed by atoms with Crippen LogP contribution in [0.2, 0.25) is 0 Å². The molecule has 1 aliphatic heterocycles. The van der Waals surface area contributed by atoms with E-state index >= 15 is 0 Å². The Labute approximate surface area is 220 Å². The highest BCUT2D eigenvalue weighted by molar-refractivity contribution is 7.98. The van der Waals surface area contributed by atoms with Crippen LogP contribution in [0.15, 0.2) is 58.3 Å². The number of ether oxygens (including phenoxy) is 1. The molecule has 1 N–H and O–H groups in total. The fourth-order valence-corrected chi connectivity index (χ4v) is 6.41. The van der Waals surface area contributed by atoms with Crippen LogP contribution in [-0.2, 0) is 14.8 Å². The molecule has 0 radical (unpaired) electrons. The quantitative estimate of drug-likeness (QED) is 0.295. The Morgan fingerprint density at radius 3 is 2.47 bits per heavy atom. The van der Waals surface area contributed by atoms with Gasteiger partial charge in [-0.05, 0) is 93.9 Å². The number of likely N-dealkylation sites (tertiary alicyclic amines) is 1. The predicted octanol–water partition coefficient (Wildman–Crippen LogP) is 4.77. The van der Waals surface area contributed by atoms with Gasteiger partial charge in [0.05, 0.1) is 17.2 Å². The van der Waals surface area contributed by atoms with E-state index in [-0.39, 0.29) is 17.3 Å². The van der Waals surface area contributed by atoms with Crippen LogP contribution in [0.3, 0.4) is 0 Å². The third-order valence-corrected chi connectivity index (χ3v) is 9.07. The highest BCUT2D eigenvalue weighted by Crippen LogP contribution is 2.27. The van der Waals surface area contributed by atoms with Crippen LogP contribution in [0, 0.1) is 0 Å². The normalized spacial score (nSPS) is 16.5. The Morgan fingerprint density at radius 2 is 1.83 bits per heavy atom. The smallest absolute Gasteiger partial charge is 0.264 e. The standard InChI is InChI=1S/C27H39N3O4S2/c1-4-22-9-6-7-19-29(22)20-8-18-28-27(31)21-30(23-10-12-24(13-11-23)34-5-2)36(32,33)26-16-14-25(35-3)15-17-26/h10-17,22H,4-9,18-21H2,1-3H3,(H,28,31). The van der Waals surface area contributed by atoms with E-state index in [0.29, 0.717) is 30.6 Å². The maximum absolute atomic E-state index is 13.6. The van der Waals surface area contributed by atoms with Gasteiger partial charge in [0, 0.05) is 24.0 Å². The van der Waals surface area contributed by atoms with E-state index in [4.69, 9.17) is 4.74 Å². The number of rotatable bonds is 13. The van der Waals surface area contributed by atoms with Crippen molar-refractivity contribution >= 4 is 33.4 Å². The first kappa shape index (κ1) is 28.3. The van der Waals surface area contributed by atoms with Crippen molar-refractivity contribution in [1.82, 2.24) is 10.2 Å². The molecule has 0 bridgehead atoms. The minimum atomic E-state index is -3.94. The molecule has 1 amide bonds. The second-order valence-corrected chi connectivity index (χ2v) is 11.7. The number of carbonyl (C=O) groups is 1. The lowest BCUT2D eigenvalue weighted by Gasteiger charge is -2.35. The van der Waals surface area contributed by atoms with Crippen LogP contribution in [-0.4, -0.2) is 64.3 Å². The summed E-state index contributed by atoms with van der Waals surface area (Å²) >= 11 is 1.54. The zero-order valence-electron chi connectivity index (χ0n) is 21.6. The molecule has 0 aliphatic carbocycles. The molecule has 7 nitrogen and oxygen atoms in total. The van der Waals surface area contributed by atoms with Crippen molar-refractivity contribution in [3.63, 3.8) is 0 Å². The van der Waals surface area contributed by atoms with E-state index in [2.05, 4.69) is 17.1 Å². The van der Waals surface area contributed by atoms with Crippen molar-refractivity contribution in [2.75, 3.05) is 43.3 Å². The molecule has 2 aromatic rings. The number of hydrogen-bond donors (Lipinski definition) is 1. The monoisotopic (exact) mass is 533 g/mol. The molecule has 9 heteroatoms. The molecule has 0 saturated carbocycles. The van der Waals surface area contributed by atoms with E-state index in [1.807, 2.05) is 13.2 Å². The highest BCUT2D eigenvalue weighted by Gasteiger charge is 2.27. The van der Waals surface area contributed by atoms with Crippen molar-refractivity contribution in [3.05, 3.63) is 48.5 Å². The number of thioether (sulfide) groups is 1. The van der Waals surface area contributed by atoms with E-state index in [1.165, 1.54) is 23.6 Å². The number of carbonyl (C=O) groups excluding carboxylic acids is 1. The molecule has 1 atom stereocenters. The third-order valence-electron chi connectivity index (χ3n) is 6.53. The molecular weight excluding hydrogens is 494 g/mol. The zero-order chi connectivity index (χ0) is 26.0. The highest BCUT2D eigenvalue weighted by atomic mass is 32.2. The van der Waals surface area contributed by atoms with Crippen LogP contribution in [0.1, 0.15) is 46.0 Å². The third kappa shape index (κ3) is 7.63. The van der Waals surface area contributed by atoms with Crippen molar-refractivity contribution in [1.29, 1.82) is 0 Å². The minimum Gasteiger partial charge on any atom is -0.494 e. The summed E-state index contributed by atoms with van der Waals surface area (Å²) in [7, 11) is -3.94. The predicted molar refractivity (Wildman–Crippen MR) is 147 cm³/mol. The average Bonchev–Trinajstić information content (AvgIpc) is 2.90. The molecule has 3 rings (SSSR count).